The van der Waals surface area contributed by atoms with E-state index in [1.165, 1.54) is 4.90 Å². The predicted octanol–water partition coefficient (Wildman–Crippen LogP) is 1.96. The van der Waals surface area contributed by atoms with E-state index in [0.717, 1.165) is 12.1 Å². The van der Waals surface area contributed by atoms with Gasteiger partial charge in [0.1, 0.15) is 0 Å². The number of morpholine rings is 1. The quantitative estimate of drug-likeness (QED) is 0.722. The number of hydrogen-bond donors (Lipinski definition) is 0. The molecule has 3 nitrogen and oxygen atoms in total. The van der Waals surface area contributed by atoms with Crippen LogP contribution >= 0.6 is 0 Å². The van der Waals surface area contributed by atoms with Gasteiger partial charge in [0.25, 0.3) is 5.91 Å². The maximum absolute atomic E-state index is 13.5. The van der Waals surface area contributed by atoms with Crippen molar-refractivity contribution in [3.05, 3.63) is 35.1 Å². The second kappa shape index (κ2) is 4.97. The topological polar surface area (TPSA) is 29.5 Å². The van der Waals surface area contributed by atoms with Crippen molar-refractivity contribution in [2.24, 2.45) is 0 Å². The fourth-order valence-electron chi connectivity index (χ4n) is 1.86. The zero-order valence-electron chi connectivity index (χ0n) is 9.75. The Bertz CT molecular complexity index is 479. The molecule has 0 aromatic heterocycles. The van der Waals surface area contributed by atoms with E-state index in [4.69, 9.17) is 4.74 Å². The molecule has 1 heterocycles. The molecule has 1 aromatic carbocycles. The minimum atomic E-state index is -1.62. The highest BCUT2D eigenvalue weighted by molar-refractivity contribution is 5.94. The van der Waals surface area contributed by atoms with Crippen LogP contribution in [0.2, 0.25) is 0 Å². The number of hydrogen-bond acceptors (Lipinski definition) is 2. The van der Waals surface area contributed by atoms with Crippen LogP contribution in [0.25, 0.3) is 0 Å². The van der Waals surface area contributed by atoms with Crippen LogP contribution in [-0.2, 0) is 4.74 Å². The van der Waals surface area contributed by atoms with E-state index in [1.54, 1.807) is 6.92 Å². The molecule has 1 saturated heterocycles. The Morgan fingerprint density at radius 3 is 2.72 bits per heavy atom. The Hall–Kier alpha value is -1.56. The number of carbonyl (C=O) groups excluding carboxylic acids is 1. The number of ether oxygens (including phenoxy) is 1. The summed E-state index contributed by atoms with van der Waals surface area (Å²) in [7, 11) is 0. The molecule has 1 aromatic rings. The highest BCUT2D eigenvalue weighted by atomic mass is 19.2. The van der Waals surface area contributed by atoms with Crippen LogP contribution in [0.4, 0.5) is 13.2 Å². The van der Waals surface area contributed by atoms with E-state index >= 15 is 0 Å². The lowest BCUT2D eigenvalue weighted by atomic mass is 10.1. The summed E-state index contributed by atoms with van der Waals surface area (Å²) in [6.45, 7) is 2.73. The van der Waals surface area contributed by atoms with E-state index in [2.05, 4.69) is 0 Å². The first kappa shape index (κ1) is 12.9. The maximum atomic E-state index is 13.5. The Morgan fingerprint density at radius 1 is 1.33 bits per heavy atom. The zero-order valence-corrected chi connectivity index (χ0v) is 9.75. The van der Waals surface area contributed by atoms with Crippen LogP contribution in [-0.4, -0.2) is 36.6 Å². The number of rotatable bonds is 1. The molecule has 2 rings (SSSR count). The van der Waals surface area contributed by atoms with Crippen LogP contribution in [0.5, 0.6) is 0 Å². The third kappa shape index (κ3) is 2.33. The average molecular weight is 259 g/mol. The van der Waals surface area contributed by atoms with Crippen molar-refractivity contribution in [2.75, 3.05) is 19.7 Å². The molecule has 1 unspecified atom stereocenters. The fraction of sp³-hybridized carbons (Fsp3) is 0.417. The summed E-state index contributed by atoms with van der Waals surface area (Å²) in [5, 5.41) is 0. The van der Waals surface area contributed by atoms with Crippen LogP contribution in [0, 0.1) is 17.5 Å². The van der Waals surface area contributed by atoms with Crippen LogP contribution in [0.3, 0.4) is 0 Å². The van der Waals surface area contributed by atoms with Gasteiger partial charge in [0.05, 0.1) is 18.3 Å². The predicted molar refractivity (Wildman–Crippen MR) is 57.6 cm³/mol. The lowest BCUT2D eigenvalue weighted by Gasteiger charge is -2.31. The molecule has 0 aliphatic carbocycles. The Balaban J connectivity index is 2.26. The van der Waals surface area contributed by atoms with E-state index in [0.29, 0.717) is 19.7 Å². The minimum absolute atomic E-state index is 0.156. The zero-order chi connectivity index (χ0) is 13.3. The van der Waals surface area contributed by atoms with Gasteiger partial charge in [-0.1, -0.05) is 0 Å². The summed E-state index contributed by atoms with van der Waals surface area (Å²) in [6.07, 6.45) is -0.156. The number of carbonyl (C=O) groups is 1. The summed E-state index contributed by atoms with van der Waals surface area (Å²) in [5.74, 6) is -5.03. The van der Waals surface area contributed by atoms with Gasteiger partial charge >= 0.3 is 0 Å². The highest BCUT2D eigenvalue weighted by Crippen LogP contribution is 2.18. The molecule has 1 fully saturated rings. The van der Waals surface area contributed by atoms with Crippen molar-refractivity contribution in [3.63, 3.8) is 0 Å². The molecule has 0 bridgehead atoms. The molecule has 1 amide bonds. The van der Waals surface area contributed by atoms with Crippen LogP contribution in [0.15, 0.2) is 12.1 Å². The Kier molecular flexibility index (Phi) is 3.56. The van der Waals surface area contributed by atoms with Gasteiger partial charge < -0.3 is 9.64 Å². The van der Waals surface area contributed by atoms with Gasteiger partial charge in [0.15, 0.2) is 17.5 Å². The van der Waals surface area contributed by atoms with Crippen molar-refractivity contribution >= 4 is 5.91 Å². The molecule has 0 N–H and O–H groups in total. The van der Waals surface area contributed by atoms with Gasteiger partial charge in [-0.15, -0.1) is 0 Å². The lowest BCUT2D eigenvalue weighted by Crippen LogP contribution is -2.44. The number of amides is 1. The molecule has 1 aliphatic heterocycles. The van der Waals surface area contributed by atoms with Crippen molar-refractivity contribution in [1.29, 1.82) is 0 Å². The third-order valence-corrected chi connectivity index (χ3v) is 2.79. The molecule has 0 spiro atoms. The number of benzene rings is 1. The first-order chi connectivity index (χ1) is 8.50. The van der Waals surface area contributed by atoms with Crippen LogP contribution < -0.4 is 0 Å². The third-order valence-electron chi connectivity index (χ3n) is 2.79. The lowest BCUT2D eigenvalue weighted by molar-refractivity contribution is -0.0126. The number of nitrogens with zero attached hydrogens (tertiary/aromatic N) is 1. The smallest absolute Gasteiger partial charge is 0.257 e. The second-order valence-electron chi connectivity index (χ2n) is 4.16. The summed E-state index contributed by atoms with van der Waals surface area (Å²) < 4.78 is 44.5. The molecule has 1 atom stereocenters. The molecular weight excluding hydrogens is 247 g/mol. The van der Waals surface area contributed by atoms with E-state index in [-0.39, 0.29) is 6.10 Å². The van der Waals surface area contributed by atoms with Gasteiger partial charge in [-0.25, -0.2) is 13.2 Å². The molecule has 0 saturated carbocycles. The molecule has 6 heteroatoms. The first-order valence-electron chi connectivity index (χ1n) is 5.55. The molecule has 0 radical (unpaired) electrons. The fourth-order valence-corrected chi connectivity index (χ4v) is 1.86. The largest absolute Gasteiger partial charge is 0.375 e. The average Bonchev–Trinajstić information content (AvgIpc) is 2.35. The van der Waals surface area contributed by atoms with Gasteiger partial charge in [-0.05, 0) is 19.1 Å². The van der Waals surface area contributed by atoms with E-state index in [9.17, 15) is 18.0 Å². The summed E-state index contributed by atoms with van der Waals surface area (Å²) >= 11 is 0. The minimum Gasteiger partial charge on any atom is -0.375 e. The molecule has 1 aliphatic rings. The molecular formula is C12H12F3NO2. The van der Waals surface area contributed by atoms with Crippen molar-refractivity contribution in [2.45, 2.75) is 13.0 Å². The highest BCUT2D eigenvalue weighted by Gasteiger charge is 2.26. The van der Waals surface area contributed by atoms with Gasteiger partial charge in [0, 0.05) is 13.1 Å². The number of halogens is 3. The normalized spacial score (nSPS) is 20.0. The van der Waals surface area contributed by atoms with Gasteiger partial charge in [0.2, 0.25) is 0 Å². The van der Waals surface area contributed by atoms with Gasteiger partial charge in [-0.2, -0.15) is 0 Å². The summed E-state index contributed by atoms with van der Waals surface area (Å²) in [6, 6.07) is 1.70. The van der Waals surface area contributed by atoms with Gasteiger partial charge in [-0.3, -0.25) is 4.79 Å². The van der Waals surface area contributed by atoms with E-state index in [1.807, 2.05) is 0 Å². The van der Waals surface area contributed by atoms with E-state index < -0.39 is 28.9 Å². The van der Waals surface area contributed by atoms with Crippen LogP contribution in [0.1, 0.15) is 17.3 Å². The monoisotopic (exact) mass is 259 g/mol. The maximum Gasteiger partial charge on any atom is 0.257 e. The summed E-state index contributed by atoms with van der Waals surface area (Å²) in [4.78, 5) is 13.3. The Morgan fingerprint density at radius 2 is 2.06 bits per heavy atom. The Labute approximate surface area is 102 Å². The molecule has 98 valence electrons. The van der Waals surface area contributed by atoms with Crippen molar-refractivity contribution in [1.82, 2.24) is 4.90 Å². The second-order valence-corrected chi connectivity index (χ2v) is 4.16. The first-order valence-corrected chi connectivity index (χ1v) is 5.55. The molecule has 18 heavy (non-hydrogen) atoms. The standard InChI is InChI=1S/C12H12F3NO2/c1-7-6-16(4-5-18-7)12(17)8-2-3-9(13)11(15)10(8)14/h2-3,7H,4-6H2,1H3. The van der Waals surface area contributed by atoms with Crippen molar-refractivity contribution in [3.8, 4) is 0 Å². The summed E-state index contributed by atoms with van der Waals surface area (Å²) in [5.41, 5.74) is -0.456. The van der Waals surface area contributed by atoms with Crippen molar-refractivity contribution < 1.29 is 22.7 Å². The SMILES string of the molecule is CC1CN(C(=O)c2ccc(F)c(F)c2F)CCO1.